The number of fused-ring (bicyclic) bond motifs is 1. The number of rotatable bonds is 1. The summed E-state index contributed by atoms with van der Waals surface area (Å²) in [4.78, 5) is 1.90. The molecule has 0 amide bonds. The molecule has 0 aromatic carbocycles. The van der Waals surface area contributed by atoms with E-state index in [0.29, 0.717) is 0 Å². The predicted molar refractivity (Wildman–Crippen MR) is 51.2 cm³/mol. The van der Waals surface area contributed by atoms with E-state index in [9.17, 15) is 5.11 Å². The molecule has 68 valence electrons. The maximum absolute atomic E-state index is 9.49. The van der Waals surface area contributed by atoms with Gasteiger partial charge in [-0.05, 0) is 12.1 Å². The molecule has 13 heavy (non-hydrogen) atoms. The number of hydrogen-bond acceptors (Lipinski definition) is 3. The van der Waals surface area contributed by atoms with Crippen molar-refractivity contribution in [1.29, 1.82) is 0 Å². The Bertz CT molecular complexity index is 433. The summed E-state index contributed by atoms with van der Waals surface area (Å²) in [5, 5.41) is 13.7. The van der Waals surface area contributed by atoms with Crippen LogP contribution in [0.4, 0.5) is 5.82 Å². The third-order valence-electron chi connectivity index (χ3n) is 1.92. The minimum absolute atomic E-state index is 0.253. The Balaban J connectivity index is 2.68. The highest BCUT2D eigenvalue weighted by Crippen LogP contribution is 2.21. The summed E-state index contributed by atoms with van der Waals surface area (Å²) >= 11 is 0. The Labute approximate surface area is 76.0 Å². The number of aromatic hydroxyl groups is 1. The lowest BCUT2D eigenvalue weighted by atomic mass is 10.4. The van der Waals surface area contributed by atoms with Gasteiger partial charge in [-0.15, -0.1) is 0 Å². The smallest absolute Gasteiger partial charge is 0.151 e. The highest BCUT2D eigenvalue weighted by molar-refractivity contribution is 5.64. The van der Waals surface area contributed by atoms with Gasteiger partial charge in [-0.2, -0.15) is 5.10 Å². The molecule has 2 aromatic heterocycles. The fourth-order valence-electron chi connectivity index (χ4n) is 1.21. The van der Waals surface area contributed by atoms with Crippen LogP contribution < -0.4 is 4.90 Å². The summed E-state index contributed by atoms with van der Waals surface area (Å²) < 4.78 is 1.66. The molecule has 4 heteroatoms. The standard InChI is InChI=1S/C9H11N3O/c1-11(2)9-6-7-8(13)4-3-5-12(7)10-9/h3-6,13H,1-2H3. The first-order valence-electron chi connectivity index (χ1n) is 4.03. The second-order valence-corrected chi connectivity index (χ2v) is 3.12. The van der Waals surface area contributed by atoms with E-state index < -0.39 is 0 Å². The minimum atomic E-state index is 0.253. The van der Waals surface area contributed by atoms with Gasteiger partial charge in [-0.3, -0.25) is 0 Å². The van der Waals surface area contributed by atoms with Gasteiger partial charge in [0, 0.05) is 26.4 Å². The van der Waals surface area contributed by atoms with Gasteiger partial charge in [0.15, 0.2) is 5.82 Å². The normalized spacial score (nSPS) is 10.6. The van der Waals surface area contributed by atoms with E-state index in [1.54, 1.807) is 16.6 Å². The molecule has 0 radical (unpaired) electrons. The maximum atomic E-state index is 9.49. The van der Waals surface area contributed by atoms with Crippen molar-refractivity contribution in [3.8, 4) is 5.75 Å². The fraction of sp³-hybridized carbons (Fsp3) is 0.222. The first-order chi connectivity index (χ1) is 6.18. The van der Waals surface area contributed by atoms with Crippen molar-refractivity contribution >= 4 is 11.3 Å². The van der Waals surface area contributed by atoms with Crippen LogP contribution in [0.15, 0.2) is 24.4 Å². The topological polar surface area (TPSA) is 40.8 Å². The van der Waals surface area contributed by atoms with Crippen LogP contribution in [0.2, 0.25) is 0 Å². The zero-order chi connectivity index (χ0) is 9.42. The van der Waals surface area contributed by atoms with Crippen LogP contribution in [0.3, 0.4) is 0 Å². The number of pyridine rings is 1. The molecule has 1 N–H and O–H groups in total. The van der Waals surface area contributed by atoms with Gasteiger partial charge in [-0.25, -0.2) is 4.52 Å². The quantitative estimate of drug-likeness (QED) is 0.709. The second kappa shape index (κ2) is 2.65. The van der Waals surface area contributed by atoms with Crippen molar-refractivity contribution in [3.63, 3.8) is 0 Å². The first kappa shape index (κ1) is 7.91. The lowest BCUT2D eigenvalue weighted by molar-refractivity contribution is 0.478. The third kappa shape index (κ3) is 1.20. The molecule has 0 spiro atoms. The van der Waals surface area contributed by atoms with Gasteiger partial charge in [0.1, 0.15) is 11.3 Å². The van der Waals surface area contributed by atoms with E-state index in [1.165, 1.54) is 0 Å². The number of hydrogen-bond donors (Lipinski definition) is 1. The van der Waals surface area contributed by atoms with Crippen molar-refractivity contribution in [2.45, 2.75) is 0 Å². The molecule has 2 aromatic rings. The highest BCUT2D eigenvalue weighted by atomic mass is 16.3. The average Bonchev–Trinajstić information content (AvgIpc) is 2.49. The van der Waals surface area contributed by atoms with Crippen LogP contribution in [0.1, 0.15) is 0 Å². The zero-order valence-electron chi connectivity index (χ0n) is 7.60. The zero-order valence-corrected chi connectivity index (χ0v) is 7.60. The van der Waals surface area contributed by atoms with E-state index in [2.05, 4.69) is 5.10 Å². The van der Waals surface area contributed by atoms with E-state index in [1.807, 2.05) is 31.3 Å². The number of anilines is 1. The fourth-order valence-corrected chi connectivity index (χ4v) is 1.21. The summed E-state index contributed by atoms with van der Waals surface area (Å²) in [6, 6.07) is 5.25. The van der Waals surface area contributed by atoms with Crippen molar-refractivity contribution in [3.05, 3.63) is 24.4 Å². The molecular formula is C9H11N3O. The Morgan fingerprint density at radius 1 is 1.46 bits per heavy atom. The molecule has 0 bridgehead atoms. The van der Waals surface area contributed by atoms with Crippen LogP contribution >= 0.6 is 0 Å². The highest BCUT2D eigenvalue weighted by Gasteiger charge is 2.05. The molecular weight excluding hydrogens is 166 g/mol. The minimum Gasteiger partial charge on any atom is -0.506 e. The third-order valence-corrected chi connectivity index (χ3v) is 1.92. The Hall–Kier alpha value is -1.71. The lowest BCUT2D eigenvalue weighted by Crippen LogP contribution is -2.08. The van der Waals surface area contributed by atoms with Gasteiger partial charge in [0.05, 0.1) is 0 Å². The lowest BCUT2D eigenvalue weighted by Gasteiger charge is -2.05. The maximum Gasteiger partial charge on any atom is 0.151 e. The van der Waals surface area contributed by atoms with E-state index in [4.69, 9.17) is 0 Å². The van der Waals surface area contributed by atoms with Crippen molar-refractivity contribution < 1.29 is 5.11 Å². The van der Waals surface area contributed by atoms with Crippen LogP contribution in [-0.4, -0.2) is 28.8 Å². The van der Waals surface area contributed by atoms with Crippen LogP contribution in [0, 0.1) is 0 Å². The molecule has 0 atom stereocenters. The van der Waals surface area contributed by atoms with Gasteiger partial charge >= 0.3 is 0 Å². The molecule has 2 heterocycles. The molecule has 0 fully saturated rings. The van der Waals surface area contributed by atoms with E-state index >= 15 is 0 Å². The average molecular weight is 177 g/mol. The van der Waals surface area contributed by atoms with E-state index in [-0.39, 0.29) is 5.75 Å². The van der Waals surface area contributed by atoms with Gasteiger partial charge in [0.25, 0.3) is 0 Å². The number of aromatic nitrogens is 2. The van der Waals surface area contributed by atoms with Crippen molar-refractivity contribution in [2.24, 2.45) is 0 Å². The Morgan fingerprint density at radius 2 is 2.23 bits per heavy atom. The SMILES string of the molecule is CN(C)c1cc2c(O)cccn2n1. The van der Waals surface area contributed by atoms with Gasteiger partial charge < -0.3 is 10.0 Å². The first-order valence-corrected chi connectivity index (χ1v) is 4.03. The molecule has 4 nitrogen and oxygen atoms in total. The summed E-state index contributed by atoms with van der Waals surface area (Å²) in [5.74, 6) is 1.09. The molecule has 0 aliphatic rings. The Morgan fingerprint density at radius 3 is 2.85 bits per heavy atom. The molecule has 0 saturated carbocycles. The summed E-state index contributed by atoms with van der Waals surface area (Å²) in [6.07, 6.45) is 1.81. The van der Waals surface area contributed by atoms with Crippen LogP contribution in [0.25, 0.3) is 5.52 Å². The van der Waals surface area contributed by atoms with E-state index in [0.717, 1.165) is 11.3 Å². The summed E-state index contributed by atoms with van der Waals surface area (Å²) in [7, 11) is 3.83. The Kier molecular flexibility index (Phi) is 1.62. The second-order valence-electron chi connectivity index (χ2n) is 3.12. The van der Waals surface area contributed by atoms with Crippen LogP contribution in [0.5, 0.6) is 5.75 Å². The molecule has 0 aliphatic carbocycles. The molecule has 2 rings (SSSR count). The molecule has 0 aliphatic heterocycles. The summed E-state index contributed by atoms with van der Waals surface area (Å²) in [6.45, 7) is 0. The number of nitrogens with zero attached hydrogens (tertiary/aromatic N) is 3. The van der Waals surface area contributed by atoms with Crippen molar-refractivity contribution in [2.75, 3.05) is 19.0 Å². The van der Waals surface area contributed by atoms with Crippen LogP contribution in [-0.2, 0) is 0 Å². The molecule has 0 unspecified atom stereocenters. The summed E-state index contributed by atoms with van der Waals surface area (Å²) in [5.41, 5.74) is 0.728. The van der Waals surface area contributed by atoms with Gasteiger partial charge in [-0.1, -0.05) is 0 Å². The largest absolute Gasteiger partial charge is 0.506 e. The van der Waals surface area contributed by atoms with Crippen molar-refractivity contribution in [1.82, 2.24) is 9.61 Å². The monoisotopic (exact) mass is 177 g/mol. The van der Waals surface area contributed by atoms with Gasteiger partial charge in [0.2, 0.25) is 0 Å². The molecule has 0 saturated heterocycles. The predicted octanol–water partition coefficient (Wildman–Crippen LogP) is 1.11.